The van der Waals surface area contributed by atoms with Crippen molar-refractivity contribution in [1.82, 2.24) is 4.90 Å². The van der Waals surface area contributed by atoms with Crippen LogP contribution in [0.4, 0.5) is 0 Å². The molecule has 0 bridgehead atoms. The van der Waals surface area contributed by atoms with E-state index in [2.05, 4.69) is 48.2 Å². The molecule has 13 heteroatoms. The molecule has 1 aromatic heterocycles. The van der Waals surface area contributed by atoms with Crippen molar-refractivity contribution in [2.24, 2.45) is 5.73 Å². The van der Waals surface area contributed by atoms with Crippen LogP contribution in [-0.2, 0) is 32.0 Å². The van der Waals surface area contributed by atoms with E-state index in [4.69, 9.17) is 50.1 Å². The zero-order valence-electron chi connectivity index (χ0n) is 25.8. The number of hydrogen-bond donors (Lipinski definition) is 6. The number of benzene rings is 3. The van der Waals surface area contributed by atoms with Crippen LogP contribution >= 0.6 is 11.3 Å². The van der Waals surface area contributed by atoms with Crippen LogP contribution in [0.15, 0.2) is 60.7 Å². The molecule has 0 unspecified atom stereocenters. The third kappa shape index (κ3) is 11.1. The number of carboxylic acid groups (broad SMARTS) is 4. The number of rotatable bonds is 9. The number of phenolic OH excluding ortho intramolecular Hbond substituents is 1. The first kappa shape index (κ1) is 36.5. The summed E-state index contributed by atoms with van der Waals surface area (Å²) in [6, 6.07) is 20.9. The van der Waals surface area contributed by atoms with Crippen LogP contribution in [0.1, 0.15) is 35.1 Å². The third-order valence-electron chi connectivity index (χ3n) is 7.33. The standard InChI is InChI=1S/C30H34N2O2S.2C2H2O4/c1-21-18-22(4-5-23(21)12-16-32-14-2-3-15-32)19-28-27-11-8-25(33)20-29(27)35-30(28)24-6-9-26(10-7-24)34-17-13-31;2*3-1(4)2(5)6/h4-11,18,20,33H,2-3,12-17,19,31H2,1H3;2*(H,3,4)(H,5,6). The number of carbonyl (C=O) groups is 4. The quantitative estimate of drug-likeness (QED) is 0.137. The van der Waals surface area contributed by atoms with E-state index < -0.39 is 23.9 Å². The van der Waals surface area contributed by atoms with Crippen molar-refractivity contribution < 1.29 is 49.4 Å². The number of aromatic hydroxyl groups is 1. The Balaban J connectivity index is 0.000000428. The fraction of sp³-hybridized carbons (Fsp3) is 0.294. The molecule has 0 amide bonds. The highest BCUT2D eigenvalue weighted by atomic mass is 32.1. The first-order valence-corrected chi connectivity index (χ1v) is 15.6. The molecule has 0 aliphatic carbocycles. The van der Waals surface area contributed by atoms with Gasteiger partial charge in [-0.25, -0.2) is 19.2 Å². The monoisotopic (exact) mass is 666 g/mol. The Bertz CT molecular complexity index is 1650. The minimum absolute atomic E-state index is 0.306. The van der Waals surface area contributed by atoms with Crippen molar-refractivity contribution in [3.8, 4) is 21.9 Å². The normalized spacial score (nSPS) is 12.4. The molecule has 3 aromatic carbocycles. The first-order valence-electron chi connectivity index (χ1n) is 14.8. The molecule has 1 aliphatic rings. The fourth-order valence-corrected chi connectivity index (χ4v) is 6.32. The van der Waals surface area contributed by atoms with Gasteiger partial charge >= 0.3 is 23.9 Å². The maximum atomic E-state index is 10.1. The van der Waals surface area contributed by atoms with Crippen LogP contribution in [0.5, 0.6) is 11.5 Å². The van der Waals surface area contributed by atoms with Crippen LogP contribution in [0.2, 0.25) is 0 Å². The van der Waals surface area contributed by atoms with Gasteiger partial charge in [-0.3, -0.25) is 0 Å². The predicted molar refractivity (Wildman–Crippen MR) is 177 cm³/mol. The van der Waals surface area contributed by atoms with Crippen molar-refractivity contribution in [2.75, 3.05) is 32.8 Å². The molecule has 0 radical (unpaired) electrons. The van der Waals surface area contributed by atoms with E-state index in [9.17, 15) is 5.11 Å². The summed E-state index contributed by atoms with van der Waals surface area (Å²) in [6.45, 7) is 6.92. The van der Waals surface area contributed by atoms with Crippen LogP contribution < -0.4 is 10.5 Å². The molecule has 12 nitrogen and oxygen atoms in total. The van der Waals surface area contributed by atoms with Gasteiger partial charge in [-0.15, -0.1) is 11.3 Å². The SMILES string of the molecule is Cc1cc(Cc2c(-c3ccc(OCCN)cc3)sc3cc(O)ccc23)ccc1CCN1CCCC1.O=C(O)C(=O)O.O=C(O)C(=O)O. The number of nitrogens with two attached hydrogens (primary N) is 1. The molecule has 0 spiro atoms. The number of thiophene rings is 1. The van der Waals surface area contributed by atoms with Gasteiger partial charge < -0.3 is 40.9 Å². The van der Waals surface area contributed by atoms with E-state index in [1.54, 1.807) is 17.4 Å². The molecule has 2 heterocycles. The number of carboxylic acids is 4. The van der Waals surface area contributed by atoms with Gasteiger partial charge in [0.2, 0.25) is 0 Å². The minimum atomic E-state index is -1.82. The third-order valence-corrected chi connectivity index (χ3v) is 8.57. The summed E-state index contributed by atoms with van der Waals surface area (Å²) in [5.41, 5.74) is 12.2. The molecule has 47 heavy (non-hydrogen) atoms. The van der Waals surface area contributed by atoms with Gasteiger partial charge in [0.15, 0.2) is 0 Å². The molecule has 1 saturated heterocycles. The van der Waals surface area contributed by atoms with Crippen molar-refractivity contribution in [1.29, 1.82) is 0 Å². The van der Waals surface area contributed by atoms with E-state index in [1.807, 2.05) is 18.2 Å². The topological polar surface area (TPSA) is 208 Å². The Morgan fingerprint density at radius 3 is 2.02 bits per heavy atom. The summed E-state index contributed by atoms with van der Waals surface area (Å²) >= 11 is 1.74. The smallest absolute Gasteiger partial charge is 0.414 e. The van der Waals surface area contributed by atoms with Gasteiger partial charge in [0, 0.05) is 22.7 Å². The Labute approximate surface area is 275 Å². The number of fused-ring (bicyclic) bond motifs is 1. The van der Waals surface area contributed by atoms with E-state index in [1.165, 1.54) is 64.0 Å². The largest absolute Gasteiger partial charge is 0.508 e. The number of aryl methyl sites for hydroxylation is 1. The average molecular weight is 667 g/mol. The van der Waals surface area contributed by atoms with E-state index in [-0.39, 0.29) is 0 Å². The first-order chi connectivity index (χ1) is 22.4. The number of nitrogens with zero attached hydrogens (tertiary/aromatic N) is 1. The molecule has 1 fully saturated rings. The molecule has 0 atom stereocenters. The highest BCUT2D eigenvalue weighted by Crippen LogP contribution is 2.41. The van der Waals surface area contributed by atoms with Crippen molar-refractivity contribution in [3.05, 3.63) is 82.9 Å². The van der Waals surface area contributed by atoms with E-state index >= 15 is 0 Å². The highest BCUT2D eigenvalue weighted by molar-refractivity contribution is 7.22. The zero-order valence-corrected chi connectivity index (χ0v) is 26.7. The lowest BCUT2D eigenvalue weighted by atomic mass is 9.95. The second-order valence-electron chi connectivity index (χ2n) is 10.7. The van der Waals surface area contributed by atoms with Crippen LogP contribution in [-0.4, -0.2) is 87.1 Å². The molecule has 0 saturated carbocycles. The summed E-state index contributed by atoms with van der Waals surface area (Å²) in [5.74, 6) is -6.16. The summed E-state index contributed by atoms with van der Waals surface area (Å²) in [7, 11) is 0. The molecule has 1 aliphatic heterocycles. The minimum Gasteiger partial charge on any atom is -0.508 e. The van der Waals surface area contributed by atoms with Crippen LogP contribution in [0, 0.1) is 6.92 Å². The van der Waals surface area contributed by atoms with Crippen molar-refractivity contribution in [3.63, 3.8) is 0 Å². The van der Waals surface area contributed by atoms with Gasteiger partial charge in [-0.1, -0.05) is 18.2 Å². The van der Waals surface area contributed by atoms with Crippen molar-refractivity contribution in [2.45, 2.75) is 32.6 Å². The molecule has 250 valence electrons. The lowest BCUT2D eigenvalue weighted by Gasteiger charge is -2.16. The van der Waals surface area contributed by atoms with Crippen LogP contribution in [0.25, 0.3) is 20.5 Å². The maximum absolute atomic E-state index is 10.1. The highest BCUT2D eigenvalue weighted by Gasteiger charge is 2.17. The zero-order chi connectivity index (χ0) is 34.5. The van der Waals surface area contributed by atoms with Gasteiger partial charge in [0.25, 0.3) is 0 Å². The van der Waals surface area contributed by atoms with Gasteiger partial charge in [0.1, 0.15) is 18.1 Å². The second kappa shape index (κ2) is 17.6. The maximum Gasteiger partial charge on any atom is 0.414 e. The van der Waals surface area contributed by atoms with Crippen molar-refractivity contribution >= 4 is 45.3 Å². The molecular weight excluding hydrogens is 628 g/mol. The lowest BCUT2D eigenvalue weighted by Crippen LogP contribution is -2.22. The van der Waals surface area contributed by atoms with Gasteiger partial charge in [-0.05, 0) is 121 Å². The van der Waals surface area contributed by atoms with Gasteiger partial charge in [-0.2, -0.15) is 0 Å². The number of likely N-dealkylation sites (tertiary alicyclic amines) is 1. The number of ether oxygens (including phenoxy) is 1. The molecule has 4 aromatic rings. The summed E-state index contributed by atoms with van der Waals surface area (Å²) < 4.78 is 6.77. The Kier molecular flexibility index (Phi) is 13.7. The molecule has 7 N–H and O–H groups in total. The number of phenols is 1. The summed E-state index contributed by atoms with van der Waals surface area (Å²) in [6.07, 6.45) is 4.67. The second-order valence-corrected chi connectivity index (χ2v) is 11.8. The summed E-state index contributed by atoms with van der Waals surface area (Å²) in [4.78, 5) is 40.2. The predicted octanol–water partition coefficient (Wildman–Crippen LogP) is 4.46. The molecule has 5 rings (SSSR count). The Morgan fingerprint density at radius 1 is 0.851 bits per heavy atom. The fourth-order valence-electron chi connectivity index (χ4n) is 5.06. The lowest BCUT2D eigenvalue weighted by molar-refractivity contribution is -0.159. The average Bonchev–Trinajstić information content (AvgIpc) is 3.68. The Morgan fingerprint density at radius 2 is 1.47 bits per heavy atom. The number of hydrogen-bond acceptors (Lipinski definition) is 9. The summed E-state index contributed by atoms with van der Waals surface area (Å²) in [5, 5.41) is 40.9. The van der Waals surface area contributed by atoms with E-state index in [0.717, 1.165) is 29.8 Å². The number of aliphatic carboxylic acids is 4. The Hall–Kier alpha value is -4.98. The van der Waals surface area contributed by atoms with E-state index in [0.29, 0.717) is 18.9 Å². The van der Waals surface area contributed by atoms with Gasteiger partial charge in [0.05, 0.1) is 0 Å². The molecular formula is C34H38N2O10S. The van der Waals surface area contributed by atoms with Crippen LogP contribution in [0.3, 0.4) is 0 Å².